The highest BCUT2D eigenvalue weighted by Crippen LogP contribution is 2.64. The largest absolute Gasteiger partial charge is 0.354 e. The number of nitrogens with one attached hydrogen (secondary N) is 2. The Balaban J connectivity index is 2.04. The van der Waals surface area contributed by atoms with Crippen LogP contribution in [-0.4, -0.2) is 18.9 Å². The molecule has 4 nitrogen and oxygen atoms in total. The van der Waals surface area contributed by atoms with E-state index in [2.05, 4.69) is 10.6 Å². The summed E-state index contributed by atoms with van der Waals surface area (Å²) < 4.78 is 0.296. The lowest BCUT2D eigenvalue weighted by molar-refractivity contribution is -0.117. The summed E-state index contributed by atoms with van der Waals surface area (Å²) in [7, 11) is -1.22. The smallest absolute Gasteiger partial charge is 0.272 e. The number of hydrogen-bond donors (Lipinski definition) is 2. The van der Waals surface area contributed by atoms with Gasteiger partial charge in [0.1, 0.15) is 15.9 Å². The van der Waals surface area contributed by atoms with Gasteiger partial charge in [-0.1, -0.05) is 72.8 Å². The monoisotopic (exact) mass is 499 g/mol. The number of likely N-dealkylation sites (N-methyl/N-ethyl adjacent to an activating group) is 1. The van der Waals surface area contributed by atoms with E-state index < -0.39 is 19.1 Å². The first-order valence-corrected chi connectivity index (χ1v) is 13.3. The molecule has 0 heterocycles. The third-order valence-corrected chi connectivity index (χ3v) is 10.6. The Morgan fingerprint density at radius 3 is 1.37 bits per heavy atom. The topological polar surface area (TPSA) is 58.2 Å². The number of halogens is 1. The molecule has 6 heteroatoms. The van der Waals surface area contributed by atoms with Crippen molar-refractivity contribution in [3.8, 4) is 0 Å². The molecule has 0 aromatic heterocycles. The maximum atomic E-state index is 13.2. The fraction of sp³-hybridized carbons (Fsp3) is 0.0345. The molecule has 0 fully saturated rings. The van der Waals surface area contributed by atoms with Gasteiger partial charge in [0.2, 0.25) is 4.77 Å². The molecular weight excluding hydrogens is 475 g/mol. The molecule has 2 amide bonds. The second-order valence-corrected chi connectivity index (χ2v) is 11.7. The Hall–Kier alpha value is -3.72. The molecule has 0 spiro atoms. The number of rotatable bonds is 7. The van der Waals surface area contributed by atoms with E-state index >= 15 is 0 Å². The van der Waals surface area contributed by atoms with Gasteiger partial charge < -0.3 is 10.6 Å². The summed E-state index contributed by atoms with van der Waals surface area (Å²) in [6.07, 6.45) is 0. The summed E-state index contributed by atoms with van der Waals surface area (Å²) >= 11 is 7.33. The van der Waals surface area contributed by atoms with Crippen LogP contribution in [0.3, 0.4) is 0 Å². The molecule has 35 heavy (non-hydrogen) atoms. The van der Waals surface area contributed by atoms with E-state index in [0.717, 1.165) is 15.9 Å². The number of amides is 2. The summed E-state index contributed by atoms with van der Waals surface area (Å²) in [5.41, 5.74) is 0.467. The average molecular weight is 500 g/mol. The van der Waals surface area contributed by atoms with Crippen molar-refractivity contribution in [2.75, 3.05) is 7.05 Å². The van der Waals surface area contributed by atoms with E-state index in [0.29, 0.717) is 10.3 Å². The molecule has 0 bridgehead atoms. The van der Waals surface area contributed by atoms with Crippen molar-refractivity contribution in [2.24, 2.45) is 0 Å². The molecular formula is C29H25ClN2O2P+. The predicted octanol–water partition coefficient (Wildman–Crippen LogP) is 4.56. The minimum absolute atomic E-state index is 0.0351. The fourth-order valence-corrected chi connectivity index (χ4v) is 8.95. The first-order chi connectivity index (χ1) is 17.1. The summed E-state index contributed by atoms with van der Waals surface area (Å²) in [6.45, 7) is 0. The Bertz CT molecular complexity index is 1230. The minimum atomic E-state index is -2.75. The molecule has 0 aliphatic heterocycles. The van der Waals surface area contributed by atoms with Crippen molar-refractivity contribution >= 4 is 46.6 Å². The van der Waals surface area contributed by atoms with Crippen LogP contribution in [0.1, 0.15) is 10.4 Å². The molecule has 0 saturated heterocycles. The van der Waals surface area contributed by atoms with Gasteiger partial charge in [0.25, 0.3) is 11.8 Å². The van der Waals surface area contributed by atoms with Crippen LogP contribution in [0.4, 0.5) is 0 Å². The lowest BCUT2D eigenvalue weighted by Gasteiger charge is -2.28. The Morgan fingerprint density at radius 1 is 0.629 bits per heavy atom. The van der Waals surface area contributed by atoms with Crippen LogP contribution < -0.4 is 26.5 Å². The number of benzene rings is 4. The first-order valence-electron chi connectivity index (χ1n) is 11.1. The number of hydrogen-bond acceptors (Lipinski definition) is 2. The van der Waals surface area contributed by atoms with Crippen molar-refractivity contribution in [3.05, 3.63) is 137 Å². The minimum Gasteiger partial charge on any atom is -0.354 e. The molecule has 0 radical (unpaired) electrons. The van der Waals surface area contributed by atoms with Crippen molar-refractivity contribution in [1.29, 1.82) is 0 Å². The summed E-state index contributed by atoms with van der Waals surface area (Å²) in [4.78, 5) is 26.4. The molecule has 4 rings (SSSR count). The van der Waals surface area contributed by atoms with Gasteiger partial charge in [-0.3, -0.25) is 9.59 Å². The van der Waals surface area contributed by atoms with Gasteiger partial charge in [-0.25, -0.2) is 0 Å². The zero-order valence-corrected chi connectivity index (χ0v) is 20.8. The van der Waals surface area contributed by atoms with E-state index in [1.54, 1.807) is 24.3 Å². The normalized spacial score (nSPS) is 11.8. The maximum absolute atomic E-state index is 13.2. The highest BCUT2D eigenvalue weighted by atomic mass is 35.5. The van der Waals surface area contributed by atoms with Gasteiger partial charge in [-0.2, -0.15) is 0 Å². The molecule has 4 aromatic rings. The molecule has 0 saturated carbocycles. The summed E-state index contributed by atoms with van der Waals surface area (Å²) in [6, 6.07) is 38.5. The van der Waals surface area contributed by atoms with Crippen molar-refractivity contribution < 1.29 is 9.59 Å². The van der Waals surface area contributed by atoms with Gasteiger partial charge >= 0.3 is 0 Å². The van der Waals surface area contributed by atoms with Crippen LogP contribution in [0.2, 0.25) is 0 Å². The van der Waals surface area contributed by atoms with Crippen LogP contribution in [-0.2, 0) is 4.79 Å². The van der Waals surface area contributed by atoms with Crippen molar-refractivity contribution in [2.45, 2.75) is 0 Å². The summed E-state index contributed by atoms with van der Waals surface area (Å²) in [5, 5.41) is 8.38. The Labute approximate surface area is 211 Å². The Morgan fingerprint density at radius 2 is 1.00 bits per heavy atom. The lowest BCUT2D eigenvalue weighted by Crippen LogP contribution is -2.38. The van der Waals surface area contributed by atoms with Gasteiger partial charge in [-0.15, -0.1) is 0 Å². The van der Waals surface area contributed by atoms with E-state index in [9.17, 15) is 9.59 Å². The van der Waals surface area contributed by atoms with Crippen LogP contribution in [0.5, 0.6) is 0 Å². The van der Waals surface area contributed by atoms with Crippen LogP contribution >= 0.6 is 18.9 Å². The highest BCUT2D eigenvalue weighted by Gasteiger charge is 2.51. The van der Waals surface area contributed by atoms with E-state index in [4.69, 9.17) is 11.6 Å². The third kappa shape index (κ3) is 4.90. The maximum Gasteiger partial charge on any atom is 0.272 e. The van der Waals surface area contributed by atoms with Gasteiger partial charge in [-0.05, 0) is 60.1 Å². The average Bonchev–Trinajstić information content (AvgIpc) is 2.94. The zero-order valence-electron chi connectivity index (χ0n) is 19.2. The second-order valence-electron chi connectivity index (χ2n) is 7.74. The highest BCUT2D eigenvalue weighted by molar-refractivity contribution is 8.00. The van der Waals surface area contributed by atoms with E-state index in [1.165, 1.54) is 7.05 Å². The van der Waals surface area contributed by atoms with Gasteiger partial charge in [0.05, 0.1) is 0 Å². The molecule has 0 unspecified atom stereocenters. The fourth-order valence-electron chi connectivity index (χ4n) is 4.01. The van der Waals surface area contributed by atoms with Crippen molar-refractivity contribution in [1.82, 2.24) is 10.6 Å². The second kappa shape index (κ2) is 11.1. The van der Waals surface area contributed by atoms with Crippen LogP contribution in [0.15, 0.2) is 132 Å². The number of carbonyl (C=O) groups excluding carboxylic acids is 2. The predicted molar refractivity (Wildman–Crippen MR) is 146 cm³/mol. The van der Waals surface area contributed by atoms with E-state index in [-0.39, 0.29) is 5.70 Å². The quantitative estimate of drug-likeness (QED) is 0.289. The van der Waals surface area contributed by atoms with E-state index in [1.807, 2.05) is 97.1 Å². The zero-order chi connectivity index (χ0) is 24.7. The molecule has 0 aliphatic carbocycles. The molecule has 0 atom stereocenters. The molecule has 4 aromatic carbocycles. The first kappa shape index (κ1) is 24.4. The lowest BCUT2D eigenvalue weighted by atomic mass is 10.2. The Kier molecular flexibility index (Phi) is 7.77. The summed E-state index contributed by atoms with van der Waals surface area (Å²) in [5.74, 6) is -0.874. The molecule has 0 aliphatic rings. The molecule has 174 valence electrons. The molecule has 2 N–H and O–H groups in total. The van der Waals surface area contributed by atoms with Crippen molar-refractivity contribution in [3.63, 3.8) is 0 Å². The SMILES string of the molecule is CNC(=O)/C(NC(=O)c1ccccc1)=C(/Cl)[P+](c1ccccc1)(c1ccccc1)c1ccccc1. The van der Waals surface area contributed by atoms with Gasteiger partial charge in [0.15, 0.2) is 13.0 Å². The standard InChI is InChI=1S/C29H24ClN2O2P/c1-31-29(34)26(32-28(33)22-14-6-2-7-15-22)27(30)35(23-16-8-3-9-17-23,24-18-10-4-11-19-24)25-20-12-5-13-21-25/h2-21H,1H3,(H-,31,32,33,34)/p+1/b27-26+. The third-order valence-electron chi connectivity index (χ3n) is 5.66. The van der Waals surface area contributed by atoms with Gasteiger partial charge in [0, 0.05) is 12.6 Å². The van der Waals surface area contributed by atoms with Crippen LogP contribution in [0.25, 0.3) is 0 Å². The van der Waals surface area contributed by atoms with Crippen LogP contribution in [0, 0.1) is 0 Å². The number of carbonyl (C=O) groups is 2.